The van der Waals surface area contributed by atoms with Gasteiger partial charge in [0.25, 0.3) is 0 Å². The molecule has 0 aliphatic heterocycles. The van der Waals surface area contributed by atoms with Gasteiger partial charge in [0.05, 0.1) is 13.0 Å². The average molecular weight is 415 g/mol. The first kappa shape index (κ1) is 20.7. The number of esters is 1. The maximum atomic E-state index is 13.3. The normalized spacial score (nSPS) is 10.6. The van der Waals surface area contributed by atoms with Crippen LogP contribution in [-0.4, -0.2) is 18.5 Å². The standard InChI is InChI=1S/C22H19F2NO3S/c1-3-28-22(27)20-19(15-6-10-17(24)11-7-15)13(2)29-21(20)25-18(26)12-14-4-8-16(23)9-5-14/h4-11H,3,12H2,1-2H3,(H,25,26). The molecule has 0 saturated carbocycles. The molecular weight excluding hydrogens is 396 g/mol. The van der Waals surface area contributed by atoms with Crippen molar-refractivity contribution in [1.82, 2.24) is 0 Å². The Kier molecular flexibility index (Phi) is 6.39. The molecule has 0 unspecified atom stereocenters. The summed E-state index contributed by atoms with van der Waals surface area (Å²) < 4.78 is 31.5. The number of benzene rings is 2. The summed E-state index contributed by atoms with van der Waals surface area (Å²) in [7, 11) is 0. The number of carbonyl (C=O) groups excluding carboxylic acids is 2. The van der Waals surface area contributed by atoms with Crippen molar-refractivity contribution in [3.05, 3.63) is 76.2 Å². The maximum Gasteiger partial charge on any atom is 0.341 e. The van der Waals surface area contributed by atoms with Crippen LogP contribution in [0.25, 0.3) is 11.1 Å². The molecule has 0 spiro atoms. The average Bonchev–Trinajstić information content (AvgIpc) is 3.00. The van der Waals surface area contributed by atoms with Crippen molar-refractivity contribution in [2.24, 2.45) is 0 Å². The summed E-state index contributed by atoms with van der Waals surface area (Å²) in [5, 5.41) is 3.13. The van der Waals surface area contributed by atoms with Crippen LogP contribution in [0.1, 0.15) is 27.7 Å². The van der Waals surface area contributed by atoms with Gasteiger partial charge in [-0.2, -0.15) is 0 Å². The second-order valence-electron chi connectivity index (χ2n) is 6.32. The molecule has 0 atom stereocenters. The van der Waals surface area contributed by atoms with Crippen molar-refractivity contribution in [2.45, 2.75) is 20.3 Å². The SMILES string of the molecule is CCOC(=O)c1c(NC(=O)Cc2ccc(F)cc2)sc(C)c1-c1ccc(F)cc1. The van der Waals surface area contributed by atoms with E-state index in [0.29, 0.717) is 21.7 Å². The number of amides is 1. The van der Waals surface area contributed by atoms with E-state index in [9.17, 15) is 18.4 Å². The maximum absolute atomic E-state index is 13.3. The summed E-state index contributed by atoms with van der Waals surface area (Å²) in [5.41, 5.74) is 2.15. The van der Waals surface area contributed by atoms with Crippen molar-refractivity contribution in [3.63, 3.8) is 0 Å². The minimum Gasteiger partial charge on any atom is -0.462 e. The minimum atomic E-state index is -0.562. The van der Waals surface area contributed by atoms with E-state index in [2.05, 4.69) is 5.32 Å². The van der Waals surface area contributed by atoms with Gasteiger partial charge in [-0.25, -0.2) is 13.6 Å². The van der Waals surface area contributed by atoms with Crippen LogP contribution in [0.2, 0.25) is 0 Å². The van der Waals surface area contributed by atoms with Crippen LogP contribution in [0.4, 0.5) is 13.8 Å². The topological polar surface area (TPSA) is 55.4 Å². The van der Waals surface area contributed by atoms with E-state index in [1.807, 2.05) is 6.92 Å². The van der Waals surface area contributed by atoms with Crippen LogP contribution >= 0.6 is 11.3 Å². The van der Waals surface area contributed by atoms with Gasteiger partial charge in [0.15, 0.2) is 0 Å². The van der Waals surface area contributed by atoms with Gasteiger partial charge in [0, 0.05) is 10.4 Å². The molecule has 0 bridgehead atoms. The molecule has 7 heteroatoms. The zero-order valence-electron chi connectivity index (χ0n) is 15.9. The molecule has 2 aromatic carbocycles. The van der Waals surface area contributed by atoms with Gasteiger partial charge in [-0.15, -0.1) is 11.3 Å². The van der Waals surface area contributed by atoms with Crippen molar-refractivity contribution < 1.29 is 23.1 Å². The van der Waals surface area contributed by atoms with Gasteiger partial charge in [-0.3, -0.25) is 4.79 Å². The number of thiophene rings is 1. The first-order chi connectivity index (χ1) is 13.9. The molecular formula is C22H19F2NO3S. The second kappa shape index (κ2) is 8.96. The van der Waals surface area contributed by atoms with Gasteiger partial charge in [-0.05, 0) is 49.2 Å². The second-order valence-corrected chi connectivity index (χ2v) is 7.54. The fourth-order valence-electron chi connectivity index (χ4n) is 2.95. The Morgan fingerprint density at radius 2 is 1.59 bits per heavy atom. The van der Waals surface area contributed by atoms with Crippen LogP contribution in [0.15, 0.2) is 48.5 Å². The van der Waals surface area contributed by atoms with Crippen molar-refractivity contribution >= 4 is 28.2 Å². The van der Waals surface area contributed by atoms with Gasteiger partial charge in [-0.1, -0.05) is 24.3 Å². The number of ether oxygens (including phenoxy) is 1. The molecule has 1 heterocycles. The molecule has 3 aromatic rings. The molecule has 0 aliphatic rings. The molecule has 0 fully saturated rings. The number of anilines is 1. The van der Waals surface area contributed by atoms with Crippen LogP contribution < -0.4 is 5.32 Å². The fraction of sp³-hybridized carbons (Fsp3) is 0.182. The Morgan fingerprint density at radius 1 is 1.00 bits per heavy atom. The van der Waals surface area contributed by atoms with Gasteiger partial charge in [0.2, 0.25) is 5.91 Å². The number of aryl methyl sites for hydroxylation is 1. The summed E-state index contributed by atoms with van der Waals surface area (Å²) >= 11 is 1.25. The number of carbonyl (C=O) groups is 2. The monoisotopic (exact) mass is 415 g/mol. The lowest BCUT2D eigenvalue weighted by Gasteiger charge is -2.09. The van der Waals surface area contributed by atoms with E-state index < -0.39 is 5.97 Å². The minimum absolute atomic E-state index is 0.0331. The first-order valence-electron chi connectivity index (χ1n) is 8.99. The molecule has 0 aliphatic carbocycles. The molecule has 1 amide bonds. The Morgan fingerprint density at radius 3 is 2.17 bits per heavy atom. The highest BCUT2D eigenvalue weighted by atomic mass is 32.1. The number of hydrogen-bond acceptors (Lipinski definition) is 4. The van der Waals surface area contributed by atoms with E-state index in [0.717, 1.165) is 4.88 Å². The third-order valence-corrected chi connectivity index (χ3v) is 5.25. The Labute approximate surface area is 171 Å². The van der Waals surface area contributed by atoms with E-state index in [-0.39, 0.29) is 36.1 Å². The first-order valence-corrected chi connectivity index (χ1v) is 9.81. The largest absolute Gasteiger partial charge is 0.462 e. The third-order valence-electron chi connectivity index (χ3n) is 4.23. The molecule has 0 radical (unpaired) electrons. The number of halogens is 2. The quantitative estimate of drug-likeness (QED) is 0.552. The predicted molar refractivity (Wildman–Crippen MR) is 109 cm³/mol. The van der Waals surface area contributed by atoms with Gasteiger partial charge >= 0.3 is 5.97 Å². The Hall–Kier alpha value is -3.06. The smallest absolute Gasteiger partial charge is 0.341 e. The van der Waals surface area contributed by atoms with Crippen LogP contribution in [0, 0.1) is 18.6 Å². The summed E-state index contributed by atoms with van der Waals surface area (Å²) in [6, 6.07) is 11.4. The highest BCUT2D eigenvalue weighted by molar-refractivity contribution is 7.17. The van der Waals surface area contributed by atoms with Crippen LogP contribution in [0.5, 0.6) is 0 Å². The highest BCUT2D eigenvalue weighted by Crippen LogP contribution is 2.40. The van der Waals surface area contributed by atoms with E-state index in [1.165, 1.54) is 47.7 Å². The number of hydrogen-bond donors (Lipinski definition) is 1. The number of nitrogens with one attached hydrogen (secondary N) is 1. The zero-order valence-corrected chi connectivity index (χ0v) is 16.7. The molecule has 1 N–H and O–H groups in total. The highest BCUT2D eigenvalue weighted by Gasteiger charge is 2.25. The summed E-state index contributed by atoms with van der Waals surface area (Å²) in [6.07, 6.45) is 0.0331. The zero-order chi connectivity index (χ0) is 21.0. The Bertz CT molecular complexity index is 1030. The lowest BCUT2D eigenvalue weighted by molar-refractivity contribution is -0.115. The predicted octanol–water partition coefficient (Wildman–Crippen LogP) is 5.36. The third kappa shape index (κ3) is 4.86. The lowest BCUT2D eigenvalue weighted by Crippen LogP contribution is -2.16. The fourth-order valence-corrected chi connectivity index (χ4v) is 4.03. The lowest BCUT2D eigenvalue weighted by atomic mass is 10.0. The molecule has 4 nitrogen and oxygen atoms in total. The Balaban J connectivity index is 1.94. The molecule has 1 aromatic heterocycles. The van der Waals surface area contributed by atoms with Crippen LogP contribution in [-0.2, 0) is 16.0 Å². The van der Waals surface area contributed by atoms with Gasteiger partial charge < -0.3 is 10.1 Å². The molecule has 29 heavy (non-hydrogen) atoms. The number of rotatable bonds is 6. The van der Waals surface area contributed by atoms with Gasteiger partial charge in [0.1, 0.15) is 22.2 Å². The van der Waals surface area contributed by atoms with E-state index >= 15 is 0 Å². The summed E-state index contributed by atoms with van der Waals surface area (Å²) in [6.45, 7) is 3.70. The molecule has 0 saturated heterocycles. The summed E-state index contributed by atoms with van der Waals surface area (Å²) in [5.74, 6) is -1.66. The van der Waals surface area contributed by atoms with E-state index in [4.69, 9.17) is 4.74 Å². The van der Waals surface area contributed by atoms with Crippen molar-refractivity contribution in [3.8, 4) is 11.1 Å². The molecule has 3 rings (SSSR count). The van der Waals surface area contributed by atoms with Crippen molar-refractivity contribution in [2.75, 3.05) is 11.9 Å². The van der Waals surface area contributed by atoms with E-state index in [1.54, 1.807) is 19.1 Å². The van der Waals surface area contributed by atoms with Crippen LogP contribution in [0.3, 0.4) is 0 Å². The van der Waals surface area contributed by atoms with Crippen molar-refractivity contribution in [1.29, 1.82) is 0 Å². The molecule has 150 valence electrons. The summed E-state index contributed by atoms with van der Waals surface area (Å²) in [4.78, 5) is 25.9.